The van der Waals surface area contributed by atoms with E-state index >= 15 is 0 Å². The fourth-order valence-electron chi connectivity index (χ4n) is 12.0. The summed E-state index contributed by atoms with van der Waals surface area (Å²) in [6.45, 7) is 4.92. The van der Waals surface area contributed by atoms with Crippen LogP contribution in [0.2, 0.25) is 0 Å². The molecule has 0 bridgehead atoms. The lowest BCUT2D eigenvalue weighted by molar-refractivity contribution is -0.143. The molecule has 500 valence electrons. The van der Waals surface area contributed by atoms with E-state index in [0.29, 0.717) is 19.4 Å². The van der Waals surface area contributed by atoms with Gasteiger partial charge in [-0.05, 0) is 89.9 Å². The molecule has 6 heteroatoms. The van der Waals surface area contributed by atoms with Gasteiger partial charge in [0.25, 0.3) is 0 Å². The van der Waals surface area contributed by atoms with E-state index in [1.54, 1.807) is 6.08 Å². The monoisotopic (exact) mass is 1190 g/mol. The Balaban J connectivity index is 3.41. The first-order valence-corrected chi connectivity index (χ1v) is 38.4. The second-order valence-electron chi connectivity index (χ2n) is 26.3. The molecular formula is C79H149NO5. The van der Waals surface area contributed by atoms with Crippen molar-refractivity contribution in [3.8, 4) is 0 Å². The van der Waals surface area contributed by atoms with E-state index in [4.69, 9.17) is 4.74 Å². The van der Waals surface area contributed by atoms with Crippen molar-refractivity contribution in [2.45, 2.75) is 431 Å². The van der Waals surface area contributed by atoms with E-state index in [2.05, 4.69) is 55.6 Å². The average molecular weight is 1190 g/mol. The summed E-state index contributed by atoms with van der Waals surface area (Å²) in [6.07, 6.45) is 97.8. The van der Waals surface area contributed by atoms with Crippen molar-refractivity contribution in [3.63, 3.8) is 0 Å². The maximum absolute atomic E-state index is 12.5. The number of carbonyl (C=O) groups is 2. The van der Waals surface area contributed by atoms with Crippen molar-refractivity contribution in [3.05, 3.63) is 48.6 Å². The van der Waals surface area contributed by atoms with Crippen LogP contribution in [0.25, 0.3) is 0 Å². The zero-order valence-electron chi connectivity index (χ0n) is 57.4. The topological polar surface area (TPSA) is 95.9 Å². The number of hydrogen-bond donors (Lipinski definition) is 3. The Morgan fingerprint density at radius 3 is 0.918 bits per heavy atom. The molecule has 2 unspecified atom stereocenters. The first-order valence-electron chi connectivity index (χ1n) is 38.4. The highest BCUT2D eigenvalue weighted by Crippen LogP contribution is 2.19. The summed E-state index contributed by atoms with van der Waals surface area (Å²) < 4.78 is 5.50. The number of esters is 1. The number of hydrogen-bond acceptors (Lipinski definition) is 5. The molecule has 0 fully saturated rings. The predicted octanol–water partition coefficient (Wildman–Crippen LogP) is 25.2. The highest BCUT2D eigenvalue weighted by Gasteiger charge is 2.18. The van der Waals surface area contributed by atoms with Gasteiger partial charge in [0.15, 0.2) is 0 Å². The van der Waals surface area contributed by atoms with Crippen LogP contribution in [0.15, 0.2) is 48.6 Å². The molecule has 0 aromatic rings. The zero-order chi connectivity index (χ0) is 61.3. The third kappa shape index (κ3) is 70.8. The number of unbranched alkanes of at least 4 members (excludes halogenated alkanes) is 55. The van der Waals surface area contributed by atoms with Gasteiger partial charge in [-0.1, -0.05) is 364 Å². The van der Waals surface area contributed by atoms with Crippen LogP contribution in [0.4, 0.5) is 0 Å². The average Bonchev–Trinajstić information content (AvgIpc) is 3.51. The number of carbonyl (C=O) groups excluding carboxylic acids is 2. The van der Waals surface area contributed by atoms with E-state index in [1.807, 2.05) is 6.08 Å². The van der Waals surface area contributed by atoms with E-state index in [-0.39, 0.29) is 18.5 Å². The molecule has 0 aromatic heterocycles. The Morgan fingerprint density at radius 2 is 0.588 bits per heavy atom. The van der Waals surface area contributed by atoms with Gasteiger partial charge < -0.3 is 20.3 Å². The van der Waals surface area contributed by atoms with Gasteiger partial charge in [-0.2, -0.15) is 0 Å². The van der Waals surface area contributed by atoms with Crippen LogP contribution >= 0.6 is 0 Å². The number of rotatable bonds is 72. The first kappa shape index (κ1) is 82.8. The van der Waals surface area contributed by atoms with Crippen LogP contribution in [-0.2, 0) is 14.3 Å². The van der Waals surface area contributed by atoms with Gasteiger partial charge in [0.2, 0.25) is 5.91 Å². The van der Waals surface area contributed by atoms with Crippen molar-refractivity contribution in [1.82, 2.24) is 5.32 Å². The molecule has 0 rings (SSSR count). The van der Waals surface area contributed by atoms with Crippen LogP contribution < -0.4 is 5.32 Å². The van der Waals surface area contributed by atoms with Crippen LogP contribution in [0.3, 0.4) is 0 Å². The summed E-state index contributed by atoms with van der Waals surface area (Å²) >= 11 is 0. The number of aliphatic hydroxyl groups is 2. The zero-order valence-corrected chi connectivity index (χ0v) is 57.4. The molecule has 0 aromatic carbocycles. The minimum Gasteiger partial charge on any atom is -0.466 e. The summed E-state index contributed by atoms with van der Waals surface area (Å²) in [4.78, 5) is 24.7. The van der Waals surface area contributed by atoms with Crippen molar-refractivity contribution in [2.24, 2.45) is 0 Å². The Labute approximate surface area is 531 Å². The second-order valence-corrected chi connectivity index (χ2v) is 26.3. The van der Waals surface area contributed by atoms with Crippen LogP contribution in [-0.4, -0.2) is 47.4 Å². The minimum atomic E-state index is -0.847. The summed E-state index contributed by atoms with van der Waals surface area (Å²) in [7, 11) is 0. The molecule has 0 saturated carbocycles. The number of amides is 1. The summed E-state index contributed by atoms with van der Waals surface area (Å²) in [5, 5.41) is 23.3. The van der Waals surface area contributed by atoms with Gasteiger partial charge in [0.05, 0.1) is 25.4 Å². The number of aliphatic hydroxyl groups excluding tert-OH is 2. The normalized spacial score (nSPS) is 12.8. The molecule has 1 amide bonds. The highest BCUT2D eigenvalue weighted by molar-refractivity contribution is 5.76. The molecule has 0 aliphatic carbocycles. The minimum absolute atomic E-state index is 0.00788. The van der Waals surface area contributed by atoms with Gasteiger partial charge in [-0.15, -0.1) is 0 Å². The molecule has 0 heterocycles. The number of allylic oxidation sites excluding steroid dienone is 7. The Hall–Kier alpha value is -2.18. The van der Waals surface area contributed by atoms with Crippen LogP contribution in [0.1, 0.15) is 418 Å². The smallest absolute Gasteiger partial charge is 0.305 e. The lowest BCUT2D eigenvalue weighted by Gasteiger charge is -2.20. The molecule has 6 nitrogen and oxygen atoms in total. The van der Waals surface area contributed by atoms with Gasteiger partial charge in [0, 0.05) is 12.8 Å². The third-order valence-corrected chi connectivity index (χ3v) is 17.8. The van der Waals surface area contributed by atoms with Crippen molar-refractivity contribution in [1.29, 1.82) is 0 Å². The second kappa shape index (κ2) is 74.3. The largest absolute Gasteiger partial charge is 0.466 e. The summed E-state index contributed by atoms with van der Waals surface area (Å²) in [5.74, 6) is -0.0570. The van der Waals surface area contributed by atoms with Crippen molar-refractivity contribution >= 4 is 11.9 Å². The maximum atomic E-state index is 12.5. The number of ether oxygens (including phenoxy) is 1. The maximum Gasteiger partial charge on any atom is 0.305 e. The first-order chi connectivity index (χ1) is 42.0. The SMILES string of the molecule is CCCCCC/C=C\C/C=C\CCCCCCCCCC(=O)OCCCCCCCCCCCCCC/C=C\CCCCCCCCCCCCCC(=O)NC(CO)C(O)/C=C/CCCCCCCCCCCCCCCCCCCCCCC. The quantitative estimate of drug-likeness (QED) is 0.0320. The lowest BCUT2D eigenvalue weighted by Crippen LogP contribution is -2.45. The fourth-order valence-corrected chi connectivity index (χ4v) is 12.0. The van der Waals surface area contributed by atoms with E-state index < -0.39 is 12.1 Å². The molecule has 3 N–H and O–H groups in total. The molecule has 0 aliphatic rings. The standard InChI is InChI=1S/C79H149NO5/c1-3-5-7-9-11-13-15-17-19-21-23-24-30-33-36-39-43-47-51-55-59-63-67-71-77(82)76(75-81)80-78(83)72-68-64-60-56-52-48-44-40-37-34-31-28-26-25-27-29-32-35-38-42-46-50-54-58-62-66-70-74-85-79(84)73-69-65-61-57-53-49-45-41-22-20-18-16-14-12-10-8-6-4-2/h14,16,20,22,25-26,67,71,76-77,81-82H,3-13,15,17-19,21,23-24,27-66,68-70,72-75H2,1-2H3,(H,80,83)/b16-14-,22-20-,26-25-,71-67+. The lowest BCUT2D eigenvalue weighted by atomic mass is 10.0. The van der Waals surface area contributed by atoms with Crippen LogP contribution in [0, 0.1) is 0 Å². The molecule has 85 heavy (non-hydrogen) atoms. The van der Waals surface area contributed by atoms with Crippen molar-refractivity contribution < 1.29 is 24.5 Å². The molecule has 0 radical (unpaired) electrons. The summed E-state index contributed by atoms with van der Waals surface area (Å²) in [6, 6.07) is -0.631. The van der Waals surface area contributed by atoms with E-state index in [1.165, 1.54) is 340 Å². The Morgan fingerprint density at radius 1 is 0.329 bits per heavy atom. The molecular weight excluding hydrogens is 1040 g/mol. The van der Waals surface area contributed by atoms with Gasteiger partial charge in [0.1, 0.15) is 0 Å². The molecule has 0 aliphatic heterocycles. The highest BCUT2D eigenvalue weighted by atomic mass is 16.5. The molecule has 0 spiro atoms. The predicted molar refractivity (Wildman–Crippen MR) is 375 cm³/mol. The fraction of sp³-hybridized carbons (Fsp3) is 0.873. The summed E-state index contributed by atoms with van der Waals surface area (Å²) in [5.41, 5.74) is 0. The van der Waals surface area contributed by atoms with E-state index in [0.717, 1.165) is 51.4 Å². The molecule has 2 atom stereocenters. The Kier molecular flexibility index (Phi) is 72.4. The van der Waals surface area contributed by atoms with Gasteiger partial charge in [-0.3, -0.25) is 9.59 Å². The Bertz CT molecular complexity index is 1420. The van der Waals surface area contributed by atoms with Gasteiger partial charge >= 0.3 is 5.97 Å². The van der Waals surface area contributed by atoms with E-state index in [9.17, 15) is 19.8 Å². The third-order valence-electron chi connectivity index (χ3n) is 17.8. The van der Waals surface area contributed by atoms with Gasteiger partial charge in [-0.25, -0.2) is 0 Å². The molecule has 0 saturated heterocycles. The van der Waals surface area contributed by atoms with Crippen molar-refractivity contribution in [2.75, 3.05) is 13.2 Å². The van der Waals surface area contributed by atoms with Crippen LogP contribution in [0.5, 0.6) is 0 Å². The number of nitrogens with one attached hydrogen (secondary N) is 1.